The monoisotopic (exact) mass is 713 g/mol. The molecule has 0 radical (unpaired) electrons. The Bertz CT molecular complexity index is 2050. The molecule has 1 N–H and O–H groups in total. The Hall–Kier alpha value is -5.78. The molecule has 3 aromatic carbocycles. The largest absolute Gasteiger partial charge is 0.569 e. The van der Waals surface area contributed by atoms with Crippen molar-refractivity contribution in [2.45, 2.75) is 51.0 Å². The Morgan fingerprint density at radius 2 is 1.58 bits per heavy atom. The average Bonchev–Trinajstić information content (AvgIpc) is 3.62. The topological polar surface area (TPSA) is 169 Å². The molecule has 262 valence electrons. The zero-order chi connectivity index (χ0) is 36.5. The van der Waals surface area contributed by atoms with Gasteiger partial charge in [0.1, 0.15) is 0 Å². The fourth-order valence-corrected chi connectivity index (χ4v) is 5.96. The number of fused-ring (bicyclic) bond motifs is 1. The van der Waals surface area contributed by atoms with Crippen LogP contribution in [-0.2, 0) is 25.8 Å². The molecule has 0 fully saturated rings. The van der Waals surface area contributed by atoms with Crippen LogP contribution in [-0.4, -0.2) is 69.6 Å². The molecule has 1 aliphatic heterocycles. The van der Waals surface area contributed by atoms with Gasteiger partial charge in [-0.2, -0.15) is 18.3 Å². The van der Waals surface area contributed by atoms with Gasteiger partial charge in [0.05, 0.1) is 38.4 Å². The van der Waals surface area contributed by atoms with E-state index in [1.807, 2.05) is 11.6 Å². The zero-order valence-electron chi connectivity index (χ0n) is 27.0. The second kappa shape index (κ2) is 13.6. The van der Waals surface area contributed by atoms with Crippen molar-refractivity contribution in [2.75, 3.05) is 6.54 Å². The highest BCUT2D eigenvalue weighted by molar-refractivity contribution is 7.90. The summed E-state index contributed by atoms with van der Waals surface area (Å²) in [7, 11) is -4.52. The van der Waals surface area contributed by atoms with Gasteiger partial charge >= 0.3 is 6.18 Å². The standard InChI is InChI=1S/C32H30F3N7O7S/c1-19(2)39(42(46)38-49-21(4)40-30(44)25-7-5-6-8-26(25)31(40)45)18-29(43)37-50(47,48)24-15-13-23(14-16-24)41-27(17-28(36-41)32(33,34)35)22-11-9-20(3)10-12-22/h5-17,19,21H,18H2,1-4H3,(H,37,43)/b42-38-. The second-order valence-electron chi connectivity index (χ2n) is 11.5. The molecule has 14 nitrogen and oxygen atoms in total. The molecule has 1 aromatic heterocycles. The molecule has 1 aliphatic rings. The maximum absolute atomic E-state index is 13.6. The van der Waals surface area contributed by atoms with Crippen LogP contribution in [0.4, 0.5) is 13.2 Å². The van der Waals surface area contributed by atoms with Crippen LogP contribution in [0.2, 0.25) is 0 Å². The molecule has 0 bridgehead atoms. The van der Waals surface area contributed by atoms with Crippen LogP contribution in [0.5, 0.6) is 0 Å². The van der Waals surface area contributed by atoms with Crippen LogP contribution in [0, 0.1) is 12.1 Å². The van der Waals surface area contributed by atoms with E-state index in [0.717, 1.165) is 38.4 Å². The van der Waals surface area contributed by atoms with E-state index in [1.165, 1.54) is 45.0 Å². The number of benzene rings is 3. The third kappa shape index (κ3) is 7.29. The highest BCUT2D eigenvalue weighted by atomic mass is 32.2. The van der Waals surface area contributed by atoms with Crippen molar-refractivity contribution in [1.29, 1.82) is 0 Å². The number of rotatable bonds is 11. The van der Waals surface area contributed by atoms with Crippen molar-refractivity contribution < 1.29 is 45.8 Å². The van der Waals surface area contributed by atoms with Gasteiger partial charge in [0.15, 0.2) is 12.2 Å². The quantitative estimate of drug-likeness (QED) is 0.0990. The summed E-state index contributed by atoms with van der Waals surface area (Å²) < 4.78 is 69.7. The molecule has 0 saturated carbocycles. The molecule has 1 atom stereocenters. The van der Waals surface area contributed by atoms with Gasteiger partial charge < -0.3 is 10.0 Å². The predicted molar refractivity (Wildman–Crippen MR) is 169 cm³/mol. The highest BCUT2D eigenvalue weighted by Gasteiger charge is 2.40. The lowest BCUT2D eigenvalue weighted by Gasteiger charge is -2.22. The molecule has 3 amide bonds. The minimum atomic E-state index is -4.74. The molecule has 2 heterocycles. The molecule has 18 heteroatoms. The predicted octanol–water partition coefficient (Wildman–Crippen LogP) is 4.83. The lowest BCUT2D eigenvalue weighted by Crippen LogP contribution is -2.46. The number of carbonyl (C=O) groups excluding carboxylic acids is 3. The first-order valence-corrected chi connectivity index (χ1v) is 16.4. The van der Waals surface area contributed by atoms with Crippen molar-refractivity contribution in [1.82, 2.24) is 24.4 Å². The third-order valence-electron chi connectivity index (χ3n) is 7.57. The number of carbonyl (C=O) groups is 3. The van der Waals surface area contributed by atoms with Crippen molar-refractivity contribution >= 4 is 27.7 Å². The van der Waals surface area contributed by atoms with Crippen molar-refractivity contribution in [3.05, 3.63) is 106 Å². The summed E-state index contributed by atoms with van der Waals surface area (Å²) in [5, 5.41) is 20.7. The molecular formula is C32H30F3N7O7S. The van der Waals surface area contributed by atoms with E-state index in [0.29, 0.717) is 5.56 Å². The lowest BCUT2D eigenvalue weighted by atomic mass is 10.1. The van der Waals surface area contributed by atoms with Crippen molar-refractivity contribution in [3.63, 3.8) is 0 Å². The summed E-state index contributed by atoms with van der Waals surface area (Å²) in [6.07, 6.45) is -6.04. The van der Waals surface area contributed by atoms with Gasteiger partial charge in [-0.1, -0.05) is 42.0 Å². The SMILES string of the molecule is Cc1ccc(-c2cc(C(F)(F)F)nn2-c2ccc(S(=O)(=O)NC(=O)CN(C(C)C)/[N+]([O-])=N/OC(C)N3C(=O)c4ccccc4C3=O)cc2)cc1. The van der Waals surface area contributed by atoms with Crippen LogP contribution < -0.4 is 4.72 Å². The molecule has 1 unspecified atom stereocenters. The minimum Gasteiger partial charge on any atom is -0.569 e. The number of aryl methyl sites for hydroxylation is 1. The van der Waals surface area contributed by atoms with E-state index in [1.54, 1.807) is 36.4 Å². The number of hydrogen-bond donors (Lipinski definition) is 1. The maximum atomic E-state index is 13.6. The number of imide groups is 1. The van der Waals surface area contributed by atoms with Gasteiger partial charge in [0.2, 0.25) is 11.5 Å². The van der Waals surface area contributed by atoms with E-state index in [2.05, 4.69) is 10.4 Å². The lowest BCUT2D eigenvalue weighted by molar-refractivity contribution is -0.716. The number of nitrogens with zero attached hydrogens (tertiary/aromatic N) is 6. The number of amides is 3. The fourth-order valence-electron chi connectivity index (χ4n) is 4.98. The van der Waals surface area contributed by atoms with E-state index >= 15 is 0 Å². The highest BCUT2D eigenvalue weighted by Crippen LogP contribution is 2.33. The average molecular weight is 714 g/mol. The summed E-state index contributed by atoms with van der Waals surface area (Å²) in [5.74, 6) is -2.42. The third-order valence-corrected chi connectivity index (χ3v) is 8.96. The molecule has 5 rings (SSSR count). The normalized spacial score (nSPS) is 14.2. The maximum Gasteiger partial charge on any atom is 0.435 e. The smallest absolute Gasteiger partial charge is 0.435 e. The first-order valence-electron chi connectivity index (χ1n) is 15.0. The molecule has 0 spiro atoms. The summed E-state index contributed by atoms with van der Waals surface area (Å²) in [5.41, 5.74) is 0.744. The molecule has 50 heavy (non-hydrogen) atoms. The van der Waals surface area contributed by atoms with Gasteiger partial charge in [-0.05, 0) is 70.2 Å². The Kier molecular flexibility index (Phi) is 9.67. The Morgan fingerprint density at radius 3 is 2.12 bits per heavy atom. The first kappa shape index (κ1) is 35.5. The Morgan fingerprint density at radius 1 is 1.00 bits per heavy atom. The summed E-state index contributed by atoms with van der Waals surface area (Å²) >= 11 is 0. The van der Waals surface area contributed by atoms with Gasteiger partial charge in [-0.3, -0.25) is 14.4 Å². The molecule has 0 aliphatic carbocycles. The summed E-state index contributed by atoms with van der Waals surface area (Å²) in [4.78, 5) is 43.5. The van der Waals surface area contributed by atoms with Gasteiger partial charge in [0.25, 0.3) is 27.7 Å². The zero-order valence-corrected chi connectivity index (χ0v) is 27.8. The number of halogens is 3. The van der Waals surface area contributed by atoms with Crippen molar-refractivity contribution in [2.24, 2.45) is 5.28 Å². The van der Waals surface area contributed by atoms with Crippen LogP contribution >= 0.6 is 0 Å². The van der Waals surface area contributed by atoms with Gasteiger partial charge in [-0.25, -0.2) is 22.7 Å². The molecule has 4 aromatic rings. The van der Waals surface area contributed by atoms with E-state index in [-0.39, 0.29) is 27.5 Å². The number of nitrogens with one attached hydrogen (secondary N) is 1. The number of hydrogen-bond acceptors (Lipinski definition) is 9. The van der Waals surface area contributed by atoms with Gasteiger partial charge in [-0.15, -0.1) is 5.01 Å². The number of alkyl halides is 3. The fraction of sp³-hybridized carbons (Fsp3) is 0.250. The van der Waals surface area contributed by atoms with Crippen LogP contribution in [0.25, 0.3) is 16.9 Å². The number of hydrazine groups is 1. The summed E-state index contributed by atoms with van der Waals surface area (Å²) in [6, 6.07) is 17.6. The number of aromatic nitrogens is 2. The Balaban J connectivity index is 1.28. The number of sulfonamides is 1. The molecule has 0 saturated heterocycles. The van der Waals surface area contributed by atoms with E-state index in [9.17, 15) is 41.2 Å². The van der Waals surface area contributed by atoms with Crippen molar-refractivity contribution in [3.8, 4) is 16.9 Å². The molecular weight excluding hydrogens is 683 g/mol. The van der Waals surface area contributed by atoms with Gasteiger partial charge in [0, 0.05) is 5.56 Å². The van der Waals surface area contributed by atoms with Crippen LogP contribution in [0.3, 0.4) is 0 Å². The Labute approximate surface area is 283 Å². The van der Waals surface area contributed by atoms with Crippen LogP contribution in [0.1, 0.15) is 52.7 Å². The summed E-state index contributed by atoms with van der Waals surface area (Å²) in [6.45, 7) is 5.36. The van der Waals surface area contributed by atoms with Crippen LogP contribution in [0.15, 0.2) is 89.0 Å². The van der Waals surface area contributed by atoms with E-state index in [4.69, 9.17) is 4.84 Å². The first-order chi connectivity index (χ1) is 23.5. The second-order valence-corrected chi connectivity index (χ2v) is 13.2. The minimum absolute atomic E-state index is 0.106. The van der Waals surface area contributed by atoms with E-state index < -0.39 is 63.3 Å².